The van der Waals surface area contributed by atoms with E-state index in [4.69, 9.17) is 9.84 Å². The summed E-state index contributed by atoms with van der Waals surface area (Å²) in [6.45, 7) is 0. The second-order valence-corrected chi connectivity index (χ2v) is 3.89. The van der Waals surface area contributed by atoms with Gasteiger partial charge in [0.15, 0.2) is 11.9 Å². The third-order valence-electron chi connectivity index (χ3n) is 2.55. The van der Waals surface area contributed by atoms with E-state index in [1.54, 1.807) is 24.0 Å². The zero-order chi connectivity index (χ0) is 12.4. The number of carbonyl (C=O) groups excluding carboxylic acids is 1. The summed E-state index contributed by atoms with van der Waals surface area (Å²) in [7, 11) is 1.74. The van der Waals surface area contributed by atoms with Crippen molar-refractivity contribution in [3.05, 3.63) is 12.3 Å². The molecule has 0 unspecified atom stereocenters. The molecule has 0 radical (unpaired) electrons. The Morgan fingerprint density at radius 3 is 2.76 bits per heavy atom. The molecule has 7 nitrogen and oxygen atoms in total. The van der Waals surface area contributed by atoms with Crippen molar-refractivity contribution in [3.63, 3.8) is 0 Å². The van der Waals surface area contributed by atoms with Gasteiger partial charge in [-0.3, -0.25) is 9.48 Å². The number of aliphatic carboxylic acids is 1. The lowest BCUT2D eigenvalue weighted by molar-refractivity contribution is -0.150. The average molecular weight is 239 g/mol. The molecule has 1 aliphatic rings. The fourth-order valence-corrected chi connectivity index (χ4v) is 1.70. The number of hydrogen-bond acceptors (Lipinski definition) is 4. The summed E-state index contributed by atoms with van der Waals surface area (Å²) in [5.74, 6) is -0.953. The van der Waals surface area contributed by atoms with Crippen molar-refractivity contribution in [2.24, 2.45) is 7.05 Å². The first-order valence-corrected chi connectivity index (χ1v) is 5.25. The SMILES string of the molecule is Cn1ccc(NC(=O)[C@@H]2CC[C@H](C(=O)O)O2)n1. The number of carbonyl (C=O) groups is 2. The molecule has 0 bridgehead atoms. The maximum atomic E-state index is 11.7. The van der Waals surface area contributed by atoms with Crippen LogP contribution in [0.3, 0.4) is 0 Å². The van der Waals surface area contributed by atoms with Crippen LogP contribution in [0.2, 0.25) is 0 Å². The second-order valence-electron chi connectivity index (χ2n) is 3.89. The molecule has 92 valence electrons. The number of aromatic nitrogens is 2. The minimum atomic E-state index is -1.03. The quantitative estimate of drug-likeness (QED) is 0.773. The third kappa shape index (κ3) is 2.62. The van der Waals surface area contributed by atoms with E-state index in [0.717, 1.165) is 0 Å². The Hall–Kier alpha value is -1.89. The van der Waals surface area contributed by atoms with Gasteiger partial charge in [-0.05, 0) is 12.8 Å². The van der Waals surface area contributed by atoms with E-state index in [2.05, 4.69) is 10.4 Å². The van der Waals surface area contributed by atoms with Gasteiger partial charge in [0.1, 0.15) is 6.10 Å². The molecule has 1 aromatic rings. The Labute approximate surface area is 97.4 Å². The number of rotatable bonds is 3. The molecule has 2 N–H and O–H groups in total. The van der Waals surface area contributed by atoms with E-state index < -0.39 is 18.2 Å². The molecule has 7 heteroatoms. The van der Waals surface area contributed by atoms with Gasteiger partial charge in [-0.25, -0.2) is 4.79 Å². The van der Waals surface area contributed by atoms with E-state index in [0.29, 0.717) is 18.7 Å². The Kier molecular flexibility index (Phi) is 3.10. The van der Waals surface area contributed by atoms with Crippen LogP contribution in [-0.2, 0) is 21.4 Å². The molecule has 2 rings (SSSR count). The second kappa shape index (κ2) is 4.54. The third-order valence-corrected chi connectivity index (χ3v) is 2.55. The predicted octanol–water partition coefficient (Wildman–Crippen LogP) is -0.00920. The summed E-state index contributed by atoms with van der Waals surface area (Å²) in [5, 5.41) is 15.3. The van der Waals surface area contributed by atoms with Gasteiger partial charge in [0.25, 0.3) is 5.91 Å². The number of nitrogens with zero attached hydrogens (tertiary/aromatic N) is 2. The van der Waals surface area contributed by atoms with Gasteiger partial charge in [-0.1, -0.05) is 0 Å². The lowest BCUT2D eigenvalue weighted by Gasteiger charge is -2.10. The highest BCUT2D eigenvalue weighted by Gasteiger charge is 2.34. The zero-order valence-corrected chi connectivity index (χ0v) is 9.29. The van der Waals surface area contributed by atoms with Crippen molar-refractivity contribution in [2.75, 3.05) is 5.32 Å². The Morgan fingerprint density at radius 1 is 1.53 bits per heavy atom. The molecule has 2 atom stereocenters. The van der Waals surface area contributed by atoms with Crippen molar-refractivity contribution >= 4 is 17.7 Å². The van der Waals surface area contributed by atoms with Crippen LogP contribution in [-0.4, -0.2) is 39.0 Å². The number of carboxylic acid groups (broad SMARTS) is 1. The molecule has 1 fully saturated rings. The fourth-order valence-electron chi connectivity index (χ4n) is 1.70. The molecule has 0 aliphatic carbocycles. The van der Waals surface area contributed by atoms with Gasteiger partial charge in [0.05, 0.1) is 0 Å². The Morgan fingerprint density at radius 2 is 2.24 bits per heavy atom. The number of hydrogen-bond donors (Lipinski definition) is 2. The standard InChI is InChI=1S/C10H13N3O4/c1-13-5-4-8(12-13)11-9(14)6-2-3-7(17-6)10(15)16/h4-7H,2-3H2,1H3,(H,15,16)(H,11,12,14)/t6-,7+/m0/s1. The highest BCUT2D eigenvalue weighted by molar-refractivity contribution is 5.93. The van der Waals surface area contributed by atoms with Crippen LogP contribution in [0.5, 0.6) is 0 Å². The molecule has 0 saturated carbocycles. The predicted molar refractivity (Wildman–Crippen MR) is 57.4 cm³/mol. The van der Waals surface area contributed by atoms with Gasteiger partial charge >= 0.3 is 5.97 Å². The summed E-state index contributed by atoms with van der Waals surface area (Å²) in [5.41, 5.74) is 0. The van der Waals surface area contributed by atoms with E-state index in [1.165, 1.54) is 0 Å². The zero-order valence-electron chi connectivity index (χ0n) is 9.29. The molecule has 1 aromatic heterocycles. The molecule has 1 amide bonds. The largest absolute Gasteiger partial charge is 0.479 e. The molecule has 0 aromatic carbocycles. The maximum Gasteiger partial charge on any atom is 0.332 e. The van der Waals surface area contributed by atoms with Crippen LogP contribution >= 0.6 is 0 Å². The number of anilines is 1. The topological polar surface area (TPSA) is 93.5 Å². The van der Waals surface area contributed by atoms with Gasteiger partial charge in [0.2, 0.25) is 0 Å². The number of nitrogens with one attached hydrogen (secondary N) is 1. The van der Waals surface area contributed by atoms with E-state index in [9.17, 15) is 9.59 Å². The highest BCUT2D eigenvalue weighted by Crippen LogP contribution is 2.20. The van der Waals surface area contributed by atoms with Gasteiger partial charge in [-0.2, -0.15) is 5.10 Å². The van der Waals surface area contributed by atoms with E-state index >= 15 is 0 Å². The van der Waals surface area contributed by atoms with E-state index in [-0.39, 0.29) is 5.91 Å². The average Bonchev–Trinajstić information content (AvgIpc) is 2.86. The minimum absolute atomic E-state index is 0.354. The van der Waals surface area contributed by atoms with Crippen LogP contribution in [0.25, 0.3) is 0 Å². The summed E-state index contributed by atoms with van der Waals surface area (Å²) >= 11 is 0. The lowest BCUT2D eigenvalue weighted by atomic mass is 10.2. The fraction of sp³-hybridized carbons (Fsp3) is 0.500. The van der Waals surface area contributed by atoms with E-state index in [1.807, 2.05) is 0 Å². The van der Waals surface area contributed by atoms with Gasteiger partial charge in [-0.15, -0.1) is 0 Å². The van der Waals surface area contributed by atoms with Crippen molar-refractivity contribution in [2.45, 2.75) is 25.0 Å². The Bertz CT molecular complexity index is 443. The van der Waals surface area contributed by atoms with Crippen LogP contribution in [0.4, 0.5) is 5.82 Å². The molecular formula is C10H13N3O4. The minimum Gasteiger partial charge on any atom is -0.479 e. The molecule has 1 saturated heterocycles. The molecule has 2 heterocycles. The van der Waals surface area contributed by atoms with Crippen molar-refractivity contribution in [1.29, 1.82) is 0 Å². The summed E-state index contributed by atoms with van der Waals surface area (Å²) in [6, 6.07) is 1.65. The first-order chi connectivity index (χ1) is 8.06. The summed E-state index contributed by atoms with van der Waals surface area (Å²) < 4.78 is 6.68. The molecular weight excluding hydrogens is 226 g/mol. The van der Waals surface area contributed by atoms with Crippen LogP contribution in [0, 0.1) is 0 Å². The smallest absolute Gasteiger partial charge is 0.332 e. The molecule has 17 heavy (non-hydrogen) atoms. The normalized spacial score (nSPS) is 23.6. The van der Waals surface area contributed by atoms with Crippen LogP contribution in [0.15, 0.2) is 12.3 Å². The number of carboxylic acids is 1. The summed E-state index contributed by atoms with van der Waals surface area (Å²) in [6.07, 6.45) is 0.878. The van der Waals surface area contributed by atoms with Crippen molar-refractivity contribution in [1.82, 2.24) is 9.78 Å². The number of aryl methyl sites for hydroxylation is 1. The Balaban J connectivity index is 1.91. The van der Waals surface area contributed by atoms with Gasteiger partial charge in [0, 0.05) is 19.3 Å². The first-order valence-electron chi connectivity index (χ1n) is 5.25. The van der Waals surface area contributed by atoms with Gasteiger partial charge < -0.3 is 15.2 Å². The first kappa shape index (κ1) is 11.6. The van der Waals surface area contributed by atoms with Crippen molar-refractivity contribution in [3.8, 4) is 0 Å². The van der Waals surface area contributed by atoms with Crippen molar-refractivity contribution < 1.29 is 19.4 Å². The number of ether oxygens (including phenoxy) is 1. The number of amides is 1. The molecule has 0 spiro atoms. The van der Waals surface area contributed by atoms with Crippen LogP contribution < -0.4 is 5.32 Å². The van der Waals surface area contributed by atoms with Crippen LogP contribution in [0.1, 0.15) is 12.8 Å². The summed E-state index contributed by atoms with van der Waals surface area (Å²) in [4.78, 5) is 22.4. The molecule has 1 aliphatic heterocycles. The monoisotopic (exact) mass is 239 g/mol. The highest BCUT2D eigenvalue weighted by atomic mass is 16.5. The lowest BCUT2D eigenvalue weighted by Crippen LogP contribution is -2.30. The maximum absolute atomic E-state index is 11.7.